The normalized spacial score (nSPS) is 40.7. The van der Waals surface area contributed by atoms with Gasteiger partial charge in [-0.1, -0.05) is 12.1 Å². The highest BCUT2D eigenvalue weighted by Crippen LogP contribution is 2.63. The molecule has 2 bridgehead atoms. The van der Waals surface area contributed by atoms with Gasteiger partial charge in [0.15, 0.2) is 11.9 Å². The number of likely N-dealkylation sites (tertiary alicyclic amines) is 1. The van der Waals surface area contributed by atoms with Crippen molar-refractivity contribution < 1.29 is 19.7 Å². The zero-order valence-corrected chi connectivity index (χ0v) is 13.2. The third-order valence-electron chi connectivity index (χ3n) is 6.80. The summed E-state index contributed by atoms with van der Waals surface area (Å²) >= 11 is 0. The molecule has 0 amide bonds. The minimum atomic E-state index is -0.926. The van der Waals surface area contributed by atoms with E-state index in [1.165, 1.54) is 0 Å². The zero-order chi connectivity index (χ0) is 16.0. The van der Waals surface area contributed by atoms with Gasteiger partial charge in [0.25, 0.3) is 0 Å². The predicted octanol–water partition coefficient (Wildman–Crippen LogP) is 0.532. The molecule has 1 spiro atoms. The van der Waals surface area contributed by atoms with Gasteiger partial charge in [-0.3, -0.25) is 4.79 Å². The van der Waals surface area contributed by atoms with Gasteiger partial charge in [-0.15, -0.1) is 0 Å². The lowest BCUT2D eigenvalue weighted by atomic mass is 9.49. The summed E-state index contributed by atoms with van der Waals surface area (Å²) in [5, 5.41) is 21.4. The smallest absolute Gasteiger partial charge is 0.174 e. The van der Waals surface area contributed by atoms with E-state index in [0.29, 0.717) is 18.6 Å². The summed E-state index contributed by atoms with van der Waals surface area (Å²) in [5.41, 5.74) is 1.34. The highest BCUT2D eigenvalue weighted by Gasteiger charge is 2.72. The highest BCUT2D eigenvalue weighted by molar-refractivity contribution is 5.89. The maximum absolute atomic E-state index is 12.6. The molecule has 2 aliphatic heterocycles. The molecule has 0 radical (unpaired) electrons. The van der Waals surface area contributed by atoms with Crippen molar-refractivity contribution in [2.24, 2.45) is 0 Å². The fourth-order valence-corrected chi connectivity index (χ4v) is 5.73. The van der Waals surface area contributed by atoms with Crippen LogP contribution in [0.3, 0.4) is 0 Å². The van der Waals surface area contributed by atoms with Gasteiger partial charge in [0.2, 0.25) is 0 Å². The molecule has 2 aliphatic carbocycles. The number of ether oxygens (including phenoxy) is 1. The van der Waals surface area contributed by atoms with Crippen molar-refractivity contribution in [3.05, 3.63) is 28.8 Å². The minimum absolute atomic E-state index is 0.0221. The Hall–Kier alpha value is -1.43. The number of benzene rings is 1. The first kappa shape index (κ1) is 14.0. The molecule has 4 atom stereocenters. The topological polar surface area (TPSA) is 70.0 Å². The zero-order valence-electron chi connectivity index (χ0n) is 13.2. The predicted molar refractivity (Wildman–Crippen MR) is 82.4 cm³/mol. The summed E-state index contributed by atoms with van der Waals surface area (Å²) < 4.78 is 6.13. The Kier molecular flexibility index (Phi) is 2.52. The van der Waals surface area contributed by atoms with Gasteiger partial charge in [0.05, 0.1) is 17.6 Å². The van der Waals surface area contributed by atoms with E-state index in [2.05, 4.69) is 11.9 Å². The largest absolute Gasteiger partial charge is 0.481 e. The van der Waals surface area contributed by atoms with Crippen LogP contribution < -0.4 is 4.74 Å². The van der Waals surface area contributed by atoms with Gasteiger partial charge >= 0.3 is 0 Å². The molecule has 4 aliphatic rings. The first-order valence-corrected chi connectivity index (χ1v) is 8.41. The second-order valence-electron chi connectivity index (χ2n) is 7.56. The van der Waals surface area contributed by atoms with Crippen molar-refractivity contribution in [3.63, 3.8) is 0 Å². The number of hydrogen-bond acceptors (Lipinski definition) is 5. The lowest BCUT2D eigenvalue weighted by molar-refractivity contribution is -0.185. The van der Waals surface area contributed by atoms with Gasteiger partial charge in [0.1, 0.15) is 5.75 Å². The number of Topliss-reactive ketones (excluding diaryl/α,β-unsaturated/α-hetero) is 1. The van der Waals surface area contributed by atoms with Crippen molar-refractivity contribution in [1.82, 2.24) is 4.90 Å². The Labute approximate surface area is 134 Å². The maximum Gasteiger partial charge on any atom is 0.174 e. The Morgan fingerprint density at radius 2 is 2.22 bits per heavy atom. The van der Waals surface area contributed by atoms with Crippen molar-refractivity contribution in [1.29, 1.82) is 0 Å². The molecule has 1 saturated heterocycles. The van der Waals surface area contributed by atoms with Gasteiger partial charge < -0.3 is 19.8 Å². The van der Waals surface area contributed by atoms with Crippen LogP contribution in [-0.2, 0) is 23.2 Å². The molecule has 5 rings (SSSR count). The van der Waals surface area contributed by atoms with Crippen LogP contribution in [0, 0.1) is 0 Å². The number of carbonyl (C=O) groups is 1. The van der Waals surface area contributed by atoms with Crippen LogP contribution in [0.25, 0.3) is 0 Å². The second-order valence-corrected chi connectivity index (χ2v) is 7.56. The van der Waals surface area contributed by atoms with E-state index < -0.39 is 17.1 Å². The summed E-state index contributed by atoms with van der Waals surface area (Å²) in [4.78, 5) is 14.9. The number of carbonyl (C=O) groups excluding carboxylic acids is 1. The Balaban J connectivity index is 1.86. The van der Waals surface area contributed by atoms with Crippen molar-refractivity contribution in [2.45, 2.75) is 55.5 Å². The maximum atomic E-state index is 12.6. The molecule has 2 N–H and O–H groups in total. The van der Waals surface area contributed by atoms with E-state index in [4.69, 9.17) is 4.74 Å². The summed E-state index contributed by atoms with van der Waals surface area (Å²) in [6, 6.07) is 3.96. The summed E-state index contributed by atoms with van der Waals surface area (Å²) in [6.45, 7) is 0.740. The molecule has 5 heteroatoms. The molecule has 23 heavy (non-hydrogen) atoms. The van der Waals surface area contributed by atoms with Gasteiger partial charge in [-0.2, -0.15) is 0 Å². The monoisotopic (exact) mass is 315 g/mol. The van der Waals surface area contributed by atoms with Crippen LogP contribution in [0.15, 0.2) is 12.1 Å². The molecular formula is C18H21NO4. The Morgan fingerprint density at radius 3 is 3.00 bits per heavy atom. The van der Waals surface area contributed by atoms with Crippen LogP contribution in [0.4, 0.5) is 0 Å². The first-order chi connectivity index (χ1) is 11.0. The first-order valence-electron chi connectivity index (χ1n) is 8.41. The third kappa shape index (κ3) is 1.35. The Morgan fingerprint density at radius 1 is 1.39 bits per heavy atom. The SMILES string of the molecule is CN1CCC23c4c5ccc(CO)c4OC2C(=O)CCC3(O)C1C5. The number of likely N-dealkylation sites (N-methyl/N-ethyl adjacent to an activating group) is 1. The lowest BCUT2D eigenvalue weighted by Crippen LogP contribution is -2.76. The second kappa shape index (κ2) is 4.15. The summed E-state index contributed by atoms with van der Waals surface area (Å²) in [6.07, 6.45) is 1.77. The minimum Gasteiger partial charge on any atom is -0.481 e. The van der Waals surface area contributed by atoms with Gasteiger partial charge in [0, 0.05) is 23.6 Å². The lowest BCUT2D eigenvalue weighted by Gasteiger charge is -2.62. The number of rotatable bonds is 1. The van der Waals surface area contributed by atoms with Crippen LogP contribution >= 0.6 is 0 Å². The quantitative estimate of drug-likeness (QED) is 0.791. The van der Waals surface area contributed by atoms with Crippen LogP contribution in [0.1, 0.15) is 36.0 Å². The fourth-order valence-electron chi connectivity index (χ4n) is 5.73. The van der Waals surface area contributed by atoms with Crippen molar-refractivity contribution >= 4 is 5.78 Å². The number of aliphatic hydroxyl groups is 2. The van der Waals surface area contributed by atoms with E-state index in [9.17, 15) is 15.0 Å². The number of ketones is 1. The molecule has 4 unspecified atom stereocenters. The molecule has 1 saturated carbocycles. The number of piperidine rings is 1. The molecule has 0 aromatic heterocycles. The number of hydrogen-bond donors (Lipinski definition) is 2. The van der Waals surface area contributed by atoms with Crippen LogP contribution in [0.2, 0.25) is 0 Å². The summed E-state index contributed by atoms with van der Waals surface area (Å²) in [5.74, 6) is 0.748. The highest BCUT2D eigenvalue weighted by atomic mass is 16.5. The van der Waals surface area contributed by atoms with Crippen LogP contribution in [-0.4, -0.2) is 52.2 Å². The van der Waals surface area contributed by atoms with Crippen molar-refractivity contribution in [2.75, 3.05) is 13.6 Å². The van der Waals surface area contributed by atoms with E-state index in [1.54, 1.807) is 0 Å². The third-order valence-corrected chi connectivity index (χ3v) is 6.80. The van der Waals surface area contributed by atoms with E-state index in [-0.39, 0.29) is 18.4 Å². The van der Waals surface area contributed by atoms with Crippen molar-refractivity contribution in [3.8, 4) is 5.75 Å². The molecule has 2 heterocycles. The summed E-state index contributed by atoms with van der Waals surface area (Å²) in [7, 11) is 2.06. The number of nitrogens with zero attached hydrogens (tertiary/aromatic N) is 1. The average Bonchev–Trinajstić information content (AvgIpc) is 2.90. The molecule has 5 nitrogen and oxygen atoms in total. The molecule has 1 aromatic rings. The number of aliphatic hydroxyl groups excluding tert-OH is 1. The van der Waals surface area contributed by atoms with E-state index in [0.717, 1.165) is 36.1 Å². The average molecular weight is 315 g/mol. The van der Waals surface area contributed by atoms with E-state index >= 15 is 0 Å². The van der Waals surface area contributed by atoms with Gasteiger partial charge in [-0.05, 0) is 38.4 Å². The van der Waals surface area contributed by atoms with Crippen LogP contribution in [0.5, 0.6) is 5.75 Å². The fraction of sp³-hybridized carbons (Fsp3) is 0.611. The Bertz CT molecular complexity index is 732. The molecule has 1 aromatic carbocycles. The molecule has 2 fully saturated rings. The van der Waals surface area contributed by atoms with E-state index in [1.807, 2.05) is 12.1 Å². The van der Waals surface area contributed by atoms with Gasteiger partial charge in [-0.25, -0.2) is 0 Å². The molecule has 122 valence electrons. The standard InChI is InChI=1S/C18H21NO4/c1-19-7-6-17-14-10-2-3-11(9-20)15(14)23-16(17)12(21)4-5-18(17,22)13(19)8-10/h2-3,13,16,20,22H,4-9H2,1H3. The molecular weight excluding hydrogens is 294 g/mol.